The zero-order valence-corrected chi connectivity index (χ0v) is 12.3. The molecule has 4 nitrogen and oxygen atoms in total. The summed E-state index contributed by atoms with van der Waals surface area (Å²) in [5, 5.41) is 2.88. The predicted molar refractivity (Wildman–Crippen MR) is 76.1 cm³/mol. The molecule has 2 rings (SSSR count). The number of aromatic nitrogens is 1. The van der Waals surface area contributed by atoms with E-state index in [9.17, 15) is 4.79 Å². The van der Waals surface area contributed by atoms with Crippen LogP contribution in [0, 0.1) is 11.3 Å². The van der Waals surface area contributed by atoms with E-state index in [1.165, 1.54) is 0 Å². The fraction of sp³-hybridized carbons (Fsp3) is 0.538. The molecule has 0 spiro atoms. The maximum absolute atomic E-state index is 12.3. The second-order valence-electron chi connectivity index (χ2n) is 5.52. The van der Waals surface area contributed by atoms with E-state index in [-0.39, 0.29) is 17.2 Å². The number of anilines is 2. The van der Waals surface area contributed by atoms with E-state index in [2.05, 4.69) is 40.1 Å². The molecule has 1 heterocycles. The highest BCUT2D eigenvalue weighted by Gasteiger charge is 2.39. The Balaban J connectivity index is 2.12. The summed E-state index contributed by atoms with van der Waals surface area (Å²) in [6.07, 6.45) is 4.70. The number of carbonyl (C=O) groups excluding carboxylic acids is 1. The summed E-state index contributed by atoms with van der Waals surface area (Å²) in [5.41, 5.74) is 6.26. The second-order valence-corrected chi connectivity index (χ2v) is 6.38. The maximum Gasteiger partial charge on any atom is 0.229 e. The molecule has 0 bridgehead atoms. The normalized spacial score (nSPS) is 21.8. The molecule has 5 heteroatoms. The fourth-order valence-corrected chi connectivity index (χ4v) is 3.03. The van der Waals surface area contributed by atoms with Crippen molar-refractivity contribution in [2.24, 2.45) is 11.3 Å². The van der Waals surface area contributed by atoms with Crippen molar-refractivity contribution in [3.05, 3.63) is 16.7 Å². The minimum Gasteiger partial charge on any atom is -0.397 e. The Morgan fingerprint density at radius 3 is 2.89 bits per heavy atom. The van der Waals surface area contributed by atoms with Crippen LogP contribution in [0.1, 0.15) is 33.1 Å². The van der Waals surface area contributed by atoms with E-state index in [1.807, 2.05) is 0 Å². The average molecular weight is 312 g/mol. The topological polar surface area (TPSA) is 68.0 Å². The Hall–Kier alpha value is -1.10. The van der Waals surface area contributed by atoms with Gasteiger partial charge in [0.2, 0.25) is 5.91 Å². The molecule has 1 aromatic heterocycles. The lowest BCUT2D eigenvalue weighted by atomic mass is 9.81. The molecule has 1 atom stereocenters. The van der Waals surface area contributed by atoms with E-state index >= 15 is 0 Å². The van der Waals surface area contributed by atoms with Gasteiger partial charge in [0.1, 0.15) is 5.82 Å². The van der Waals surface area contributed by atoms with Gasteiger partial charge < -0.3 is 11.1 Å². The molecule has 1 aliphatic rings. The van der Waals surface area contributed by atoms with Crippen molar-refractivity contribution in [3.8, 4) is 0 Å². The monoisotopic (exact) mass is 311 g/mol. The van der Waals surface area contributed by atoms with Gasteiger partial charge >= 0.3 is 0 Å². The van der Waals surface area contributed by atoms with Crippen molar-refractivity contribution in [1.29, 1.82) is 0 Å². The molecule has 1 aromatic rings. The number of carbonyl (C=O) groups is 1. The molecule has 3 N–H and O–H groups in total. The van der Waals surface area contributed by atoms with E-state index in [0.29, 0.717) is 16.0 Å². The zero-order chi connectivity index (χ0) is 13.3. The fourth-order valence-electron chi connectivity index (χ4n) is 2.56. The van der Waals surface area contributed by atoms with Crippen LogP contribution in [0.25, 0.3) is 0 Å². The first-order valence-corrected chi connectivity index (χ1v) is 6.91. The van der Waals surface area contributed by atoms with Crippen LogP contribution in [-0.4, -0.2) is 10.9 Å². The van der Waals surface area contributed by atoms with Crippen LogP contribution in [-0.2, 0) is 4.79 Å². The Morgan fingerprint density at radius 1 is 1.61 bits per heavy atom. The SMILES string of the molecule is CC1(C)CCCC1C(=O)Nc1ncc(N)cc1Br. The van der Waals surface area contributed by atoms with Gasteiger partial charge in [-0.3, -0.25) is 4.79 Å². The minimum absolute atomic E-state index is 0.0514. The van der Waals surface area contributed by atoms with Crippen molar-refractivity contribution in [3.63, 3.8) is 0 Å². The Kier molecular flexibility index (Phi) is 3.61. The summed E-state index contributed by atoms with van der Waals surface area (Å²) in [7, 11) is 0. The standard InChI is InChI=1S/C13H18BrN3O/c1-13(2)5-3-4-9(13)12(18)17-11-10(14)6-8(15)7-16-11/h6-7,9H,3-5,15H2,1-2H3,(H,16,17,18). The third-order valence-electron chi connectivity index (χ3n) is 3.68. The molecule has 1 amide bonds. The molecule has 98 valence electrons. The molecule has 0 aliphatic heterocycles. The van der Waals surface area contributed by atoms with Crippen molar-refractivity contribution >= 4 is 33.3 Å². The number of hydrogen-bond donors (Lipinski definition) is 2. The van der Waals surface area contributed by atoms with Crippen molar-refractivity contribution in [2.45, 2.75) is 33.1 Å². The van der Waals surface area contributed by atoms with Crippen LogP contribution in [0.3, 0.4) is 0 Å². The molecule has 1 unspecified atom stereocenters. The van der Waals surface area contributed by atoms with E-state index < -0.39 is 0 Å². The first-order valence-electron chi connectivity index (χ1n) is 6.12. The van der Waals surface area contributed by atoms with Crippen LogP contribution in [0.15, 0.2) is 16.7 Å². The lowest BCUT2D eigenvalue weighted by Gasteiger charge is -2.25. The number of nitrogens with one attached hydrogen (secondary N) is 1. The number of amides is 1. The molecule has 18 heavy (non-hydrogen) atoms. The third kappa shape index (κ3) is 2.66. The first kappa shape index (κ1) is 13.3. The number of nitrogens with zero attached hydrogens (tertiary/aromatic N) is 1. The van der Waals surface area contributed by atoms with Gasteiger partial charge in [0.25, 0.3) is 0 Å². The second kappa shape index (κ2) is 4.88. The van der Waals surface area contributed by atoms with Gasteiger partial charge in [-0.05, 0) is 40.3 Å². The van der Waals surface area contributed by atoms with Crippen LogP contribution < -0.4 is 11.1 Å². The molecular weight excluding hydrogens is 294 g/mol. The first-order chi connectivity index (χ1) is 8.40. The summed E-state index contributed by atoms with van der Waals surface area (Å²) >= 11 is 3.36. The highest BCUT2D eigenvalue weighted by Crippen LogP contribution is 2.43. The molecule has 1 aliphatic carbocycles. The van der Waals surface area contributed by atoms with Gasteiger partial charge in [0, 0.05) is 5.92 Å². The van der Waals surface area contributed by atoms with Crippen LogP contribution in [0.2, 0.25) is 0 Å². The van der Waals surface area contributed by atoms with Crippen molar-refractivity contribution in [1.82, 2.24) is 4.98 Å². The highest BCUT2D eigenvalue weighted by molar-refractivity contribution is 9.10. The Labute approximate surface area is 115 Å². The molecule has 0 saturated heterocycles. The van der Waals surface area contributed by atoms with E-state index in [1.54, 1.807) is 12.3 Å². The highest BCUT2D eigenvalue weighted by atomic mass is 79.9. The largest absolute Gasteiger partial charge is 0.397 e. The molecule has 1 saturated carbocycles. The summed E-state index contributed by atoms with van der Waals surface area (Å²) in [5.74, 6) is 0.649. The van der Waals surface area contributed by atoms with E-state index in [4.69, 9.17) is 5.73 Å². The van der Waals surface area contributed by atoms with Gasteiger partial charge in [-0.25, -0.2) is 4.98 Å². The zero-order valence-electron chi connectivity index (χ0n) is 10.7. The average Bonchev–Trinajstić information content (AvgIpc) is 2.62. The minimum atomic E-state index is 0.0514. The maximum atomic E-state index is 12.3. The van der Waals surface area contributed by atoms with Crippen molar-refractivity contribution < 1.29 is 4.79 Å². The van der Waals surface area contributed by atoms with Crippen LogP contribution in [0.4, 0.5) is 11.5 Å². The van der Waals surface area contributed by atoms with Crippen LogP contribution >= 0.6 is 15.9 Å². The molecular formula is C13H18BrN3O. The van der Waals surface area contributed by atoms with Gasteiger partial charge in [-0.1, -0.05) is 20.3 Å². The lowest BCUT2D eigenvalue weighted by molar-refractivity contribution is -0.122. The molecule has 0 radical (unpaired) electrons. The summed E-state index contributed by atoms with van der Waals surface area (Å²) in [6, 6.07) is 1.74. The number of nitrogen functional groups attached to an aromatic ring is 1. The number of nitrogens with two attached hydrogens (primary N) is 1. The number of rotatable bonds is 2. The summed E-state index contributed by atoms with van der Waals surface area (Å²) in [4.78, 5) is 16.4. The third-order valence-corrected chi connectivity index (χ3v) is 4.28. The van der Waals surface area contributed by atoms with Gasteiger partial charge in [-0.15, -0.1) is 0 Å². The summed E-state index contributed by atoms with van der Waals surface area (Å²) < 4.78 is 0.714. The van der Waals surface area contributed by atoms with E-state index in [0.717, 1.165) is 19.3 Å². The number of pyridine rings is 1. The lowest BCUT2D eigenvalue weighted by Crippen LogP contribution is -2.31. The van der Waals surface area contributed by atoms with Gasteiger partial charge in [-0.2, -0.15) is 0 Å². The predicted octanol–water partition coefficient (Wildman–Crippen LogP) is 3.19. The molecule has 1 fully saturated rings. The van der Waals surface area contributed by atoms with Crippen LogP contribution in [0.5, 0.6) is 0 Å². The Morgan fingerprint density at radius 2 is 2.33 bits per heavy atom. The van der Waals surface area contributed by atoms with Gasteiger partial charge in [0.05, 0.1) is 16.4 Å². The van der Waals surface area contributed by atoms with Gasteiger partial charge in [0.15, 0.2) is 0 Å². The Bertz CT molecular complexity index is 473. The molecule has 0 aromatic carbocycles. The smallest absolute Gasteiger partial charge is 0.229 e. The van der Waals surface area contributed by atoms with Crippen molar-refractivity contribution in [2.75, 3.05) is 11.1 Å². The number of hydrogen-bond acceptors (Lipinski definition) is 3. The quantitative estimate of drug-likeness (QED) is 0.881. The number of halogens is 1. The summed E-state index contributed by atoms with van der Waals surface area (Å²) in [6.45, 7) is 4.30.